The standard InChI is InChI=1S/C12H23NO5/c1-4-5-7-18-9(2)11(14)13-10(12(15)16)6-8-17-3/h9-10H,4-8H2,1-3H3,(H,13,14)(H,15,16). The van der Waals surface area contributed by atoms with Crippen molar-refractivity contribution in [2.75, 3.05) is 20.3 Å². The lowest BCUT2D eigenvalue weighted by molar-refractivity contribution is -0.144. The maximum absolute atomic E-state index is 11.7. The molecule has 0 saturated carbocycles. The van der Waals surface area contributed by atoms with Gasteiger partial charge in [-0.1, -0.05) is 13.3 Å². The lowest BCUT2D eigenvalue weighted by atomic mass is 10.2. The van der Waals surface area contributed by atoms with Gasteiger partial charge in [-0.2, -0.15) is 0 Å². The third-order valence-electron chi connectivity index (χ3n) is 2.46. The Morgan fingerprint density at radius 2 is 2.00 bits per heavy atom. The van der Waals surface area contributed by atoms with Crippen LogP contribution in [0, 0.1) is 0 Å². The van der Waals surface area contributed by atoms with Crippen LogP contribution in [0.15, 0.2) is 0 Å². The molecule has 0 aromatic heterocycles. The average molecular weight is 261 g/mol. The Labute approximate surface area is 108 Å². The van der Waals surface area contributed by atoms with Crippen LogP contribution in [-0.4, -0.2) is 49.5 Å². The monoisotopic (exact) mass is 261 g/mol. The molecule has 2 atom stereocenters. The number of nitrogens with one attached hydrogen (secondary N) is 1. The van der Waals surface area contributed by atoms with Crippen LogP contribution < -0.4 is 5.32 Å². The number of carboxylic acid groups (broad SMARTS) is 1. The number of hydrogen-bond donors (Lipinski definition) is 2. The van der Waals surface area contributed by atoms with Crippen molar-refractivity contribution in [1.29, 1.82) is 0 Å². The SMILES string of the molecule is CCCCOC(C)C(=O)NC(CCOC)C(=O)O. The third kappa shape index (κ3) is 7.24. The first-order valence-corrected chi connectivity index (χ1v) is 6.16. The van der Waals surface area contributed by atoms with Crippen LogP contribution in [0.3, 0.4) is 0 Å². The zero-order valence-electron chi connectivity index (χ0n) is 11.3. The molecule has 1 amide bonds. The Morgan fingerprint density at radius 1 is 1.33 bits per heavy atom. The molecule has 6 nitrogen and oxygen atoms in total. The average Bonchev–Trinajstić information content (AvgIpc) is 2.33. The second kappa shape index (κ2) is 9.85. The summed E-state index contributed by atoms with van der Waals surface area (Å²) in [6, 6.07) is -0.935. The highest BCUT2D eigenvalue weighted by Gasteiger charge is 2.22. The van der Waals surface area contributed by atoms with E-state index in [9.17, 15) is 9.59 Å². The van der Waals surface area contributed by atoms with Crippen molar-refractivity contribution in [2.24, 2.45) is 0 Å². The number of aliphatic carboxylic acids is 1. The number of carboxylic acids is 1. The number of unbranched alkanes of at least 4 members (excludes halogenated alkanes) is 1. The largest absolute Gasteiger partial charge is 0.480 e. The van der Waals surface area contributed by atoms with E-state index in [2.05, 4.69) is 5.32 Å². The highest BCUT2D eigenvalue weighted by Crippen LogP contribution is 1.99. The van der Waals surface area contributed by atoms with E-state index < -0.39 is 24.0 Å². The highest BCUT2D eigenvalue weighted by atomic mass is 16.5. The predicted molar refractivity (Wildman–Crippen MR) is 66.4 cm³/mol. The molecule has 6 heteroatoms. The minimum Gasteiger partial charge on any atom is -0.480 e. The number of carbonyl (C=O) groups is 2. The highest BCUT2D eigenvalue weighted by molar-refractivity contribution is 5.86. The summed E-state index contributed by atoms with van der Waals surface area (Å²) in [6.45, 7) is 4.42. The second-order valence-corrected chi connectivity index (χ2v) is 4.05. The van der Waals surface area contributed by atoms with E-state index in [0.29, 0.717) is 6.61 Å². The third-order valence-corrected chi connectivity index (χ3v) is 2.46. The molecule has 0 aliphatic heterocycles. The fourth-order valence-electron chi connectivity index (χ4n) is 1.26. The zero-order chi connectivity index (χ0) is 14.0. The molecule has 0 radical (unpaired) electrons. The molecule has 18 heavy (non-hydrogen) atoms. The van der Waals surface area contributed by atoms with Crippen molar-refractivity contribution in [1.82, 2.24) is 5.32 Å². The number of ether oxygens (including phenoxy) is 2. The Balaban J connectivity index is 4.10. The minimum absolute atomic E-state index is 0.235. The summed E-state index contributed by atoms with van der Waals surface area (Å²) in [5.74, 6) is -1.48. The fourth-order valence-corrected chi connectivity index (χ4v) is 1.26. The van der Waals surface area contributed by atoms with E-state index in [0.717, 1.165) is 12.8 Å². The molecule has 0 bridgehead atoms. The second-order valence-electron chi connectivity index (χ2n) is 4.05. The van der Waals surface area contributed by atoms with Crippen LogP contribution in [-0.2, 0) is 19.1 Å². The van der Waals surface area contributed by atoms with Gasteiger partial charge in [-0.25, -0.2) is 4.79 Å². The summed E-state index contributed by atoms with van der Waals surface area (Å²) in [5.41, 5.74) is 0. The molecule has 0 heterocycles. The fraction of sp³-hybridized carbons (Fsp3) is 0.833. The van der Waals surface area contributed by atoms with E-state index in [-0.39, 0.29) is 13.0 Å². The molecule has 0 aromatic rings. The van der Waals surface area contributed by atoms with Gasteiger partial charge in [-0.3, -0.25) is 4.79 Å². The molecule has 0 fully saturated rings. The number of carbonyl (C=O) groups excluding carboxylic acids is 1. The molecule has 2 N–H and O–H groups in total. The molecule has 0 saturated heterocycles. The van der Waals surface area contributed by atoms with E-state index in [1.807, 2.05) is 6.92 Å². The van der Waals surface area contributed by atoms with Gasteiger partial charge < -0.3 is 19.9 Å². The first kappa shape index (κ1) is 16.9. The quantitative estimate of drug-likeness (QED) is 0.568. The van der Waals surface area contributed by atoms with Gasteiger partial charge in [0.15, 0.2) is 0 Å². The molecular formula is C12H23NO5. The molecule has 106 valence electrons. The Kier molecular flexibility index (Phi) is 9.22. The lowest BCUT2D eigenvalue weighted by Gasteiger charge is -2.17. The summed E-state index contributed by atoms with van der Waals surface area (Å²) >= 11 is 0. The molecule has 0 aliphatic rings. The van der Waals surface area contributed by atoms with E-state index >= 15 is 0 Å². The molecule has 0 rings (SSSR count). The van der Waals surface area contributed by atoms with Crippen LogP contribution in [0.5, 0.6) is 0 Å². The summed E-state index contributed by atoms with van der Waals surface area (Å²) in [6.07, 6.45) is 1.46. The molecule has 0 aromatic carbocycles. The van der Waals surface area contributed by atoms with Crippen LogP contribution in [0.1, 0.15) is 33.1 Å². The lowest BCUT2D eigenvalue weighted by Crippen LogP contribution is -2.46. The summed E-state index contributed by atoms with van der Waals surface area (Å²) in [4.78, 5) is 22.6. The van der Waals surface area contributed by atoms with Gasteiger partial charge in [0.1, 0.15) is 12.1 Å². The summed E-state index contributed by atoms with van der Waals surface area (Å²) in [5, 5.41) is 11.4. The normalized spacial score (nSPS) is 13.9. The van der Waals surface area contributed by atoms with Crippen LogP contribution >= 0.6 is 0 Å². The van der Waals surface area contributed by atoms with E-state index in [4.69, 9.17) is 14.6 Å². The summed E-state index contributed by atoms with van der Waals surface area (Å²) in [7, 11) is 1.48. The first-order valence-electron chi connectivity index (χ1n) is 6.16. The van der Waals surface area contributed by atoms with Crippen molar-refractivity contribution < 1.29 is 24.2 Å². The van der Waals surface area contributed by atoms with E-state index in [1.165, 1.54) is 7.11 Å². The Morgan fingerprint density at radius 3 is 2.50 bits per heavy atom. The van der Waals surface area contributed by atoms with Crippen molar-refractivity contribution in [2.45, 2.75) is 45.3 Å². The molecule has 0 spiro atoms. The van der Waals surface area contributed by atoms with Gasteiger partial charge in [0, 0.05) is 26.7 Å². The predicted octanol–water partition coefficient (Wildman–Crippen LogP) is 0.798. The van der Waals surface area contributed by atoms with E-state index in [1.54, 1.807) is 6.92 Å². The van der Waals surface area contributed by atoms with Crippen molar-refractivity contribution >= 4 is 11.9 Å². The zero-order valence-corrected chi connectivity index (χ0v) is 11.3. The van der Waals surface area contributed by atoms with Gasteiger partial charge >= 0.3 is 5.97 Å². The van der Waals surface area contributed by atoms with Gasteiger partial charge in [-0.05, 0) is 13.3 Å². The summed E-state index contributed by atoms with van der Waals surface area (Å²) < 4.78 is 10.1. The van der Waals surface area contributed by atoms with Gasteiger partial charge in [0.05, 0.1) is 0 Å². The molecular weight excluding hydrogens is 238 g/mol. The maximum atomic E-state index is 11.7. The molecule has 0 aliphatic carbocycles. The van der Waals surface area contributed by atoms with Crippen LogP contribution in [0.2, 0.25) is 0 Å². The first-order chi connectivity index (χ1) is 8.52. The van der Waals surface area contributed by atoms with Crippen LogP contribution in [0.25, 0.3) is 0 Å². The van der Waals surface area contributed by atoms with Crippen molar-refractivity contribution in [3.05, 3.63) is 0 Å². The molecule has 2 unspecified atom stereocenters. The maximum Gasteiger partial charge on any atom is 0.326 e. The van der Waals surface area contributed by atoms with Crippen molar-refractivity contribution in [3.63, 3.8) is 0 Å². The smallest absolute Gasteiger partial charge is 0.326 e. The van der Waals surface area contributed by atoms with Gasteiger partial charge in [0.2, 0.25) is 5.91 Å². The Hall–Kier alpha value is -1.14. The van der Waals surface area contributed by atoms with Crippen LogP contribution in [0.4, 0.5) is 0 Å². The number of hydrogen-bond acceptors (Lipinski definition) is 4. The van der Waals surface area contributed by atoms with Gasteiger partial charge in [0.25, 0.3) is 0 Å². The number of methoxy groups -OCH3 is 1. The van der Waals surface area contributed by atoms with Gasteiger partial charge in [-0.15, -0.1) is 0 Å². The number of rotatable bonds is 10. The van der Waals surface area contributed by atoms with Crippen molar-refractivity contribution in [3.8, 4) is 0 Å². The minimum atomic E-state index is -1.07. The Bertz CT molecular complexity index is 257. The number of amides is 1. The topological polar surface area (TPSA) is 84.9 Å².